The van der Waals surface area contributed by atoms with Gasteiger partial charge < -0.3 is 4.57 Å². The third-order valence-electron chi connectivity index (χ3n) is 3.49. The fourth-order valence-electron chi connectivity index (χ4n) is 2.60. The summed E-state index contributed by atoms with van der Waals surface area (Å²) in [6.45, 7) is 6.19. The number of hydrogen-bond donors (Lipinski definition) is 0. The quantitative estimate of drug-likeness (QED) is 0.752. The van der Waals surface area contributed by atoms with E-state index in [2.05, 4.69) is 13.8 Å². The number of benzene rings is 2. The summed E-state index contributed by atoms with van der Waals surface area (Å²) in [4.78, 5) is 0. The fraction of sp³-hybridized carbons (Fsp3) is 0.222. The van der Waals surface area contributed by atoms with Gasteiger partial charge in [-0.3, -0.25) is 0 Å². The Morgan fingerprint density at radius 3 is 1.60 bits per heavy atom. The SMILES string of the molecule is C/C=C(\C(C)C)P(=O)(c1ccccc1)c1ccccc1. The zero-order chi connectivity index (χ0) is 14.6. The predicted molar refractivity (Wildman–Crippen MR) is 88.4 cm³/mol. The van der Waals surface area contributed by atoms with Gasteiger partial charge in [-0.05, 0) is 18.2 Å². The Morgan fingerprint density at radius 1 is 0.900 bits per heavy atom. The smallest absolute Gasteiger partial charge is 0.167 e. The first kappa shape index (κ1) is 14.8. The van der Waals surface area contributed by atoms with Crippen molar-refractivity contribution in [2.24, 2.45) is 5.92 Å². The maximum absolute atomic E-state index is 13.9. The summed E-state index contributed by atoms with van der Waals surface area (Å²) in [5.41, 5.74) is 0. The second kappa shape index (κ2) is 6.24. The van der Waals surface area contributed by atoms with Crippen molar-refractivity contribution in [1.29, 1.82) is 0 Å². The van der Waals surface area contributed by atoms with E-state index < -0.39 is 7.14 Å². The van der Waals surface area contributed by atoms with Crippen LogP contribution >= 0.6 is 7.14 Å². The van der Waals surface area contributed by atoms with E-state index >= 15 is 0 Å². The molecule has 0 aliphatic carbocycles. The molecule has 2 rings (SSSR count). The van der Waals surface area contributed by atoms with Gasteiger partial charge in [-0.15, -0.1) is 0 Å². The standard InChI is InChI=1S/C18H21OP/c1-4-18(15(2)3)20(19,16-11-7-5-8-12-16)17-13-9-6-10-14-17/h4-15H,1-3H3/b18-4+. The van der Waals surface area contributed by atoms with Crippen LogP contribution in [0.25, 0.3) is 0 Å². The Morgan fingerprint density at radius 2 is 1.30 bits per heavy atom. The van der Waals surface area contributed by atoms with E-state index in [4.69, 9.17) is 0 Å². The lowest BCUT2D eigenvalue weighted by Crippen LogP contribution is -2.19. The molecule has 2 aromatic rings. The van der Waals surface area contributed by atoms with Gasteiger partial charge in [0.05, 0.1) is 0 Å². The molecule has 0 unspecified atom stereocenters. The summed E-state index contributed by atoms with van der Waals surface area (Å²) in [7, 11) is -2.73. The van der Waals surface area contributed by atoms with Gasteiger partial charge in [-0.1, -0.05) is 80.6 Å². The van der Waals surface area contributed by atoms with E-state index in [1.54, 1.807) is 0 Å². The van der Waals surface area contributed by atoms with Gasteiger partial charge in [0, 0.05) is 10.6 Å². The van der Waals surface area contributed by atoms with Crippen LogP contribution in [0.15, 0.2) is 72.1 Å². The van der Waals surface area contributed by atoms with Crippen molar-refractivity contribution in [1.82, 2.24) is 0 Å². The average Bonchev–Trinajstić information content (AvgIpc) is 2.49. The van der Waals surface area contributed by atoms with Crippen LogP contribution < -0.4 is 10.6 Å². The zero-order valence-corrected chi connectivity index (χ0v) is 13.2. The van der Waals surface area contributed by atoms with E-state index in [0.717, 1.165) is 15.9 Å². The van der Waals surface area contributed by atoms with Crippen molar-refractivity contribution in [3.63, 3.8) is 0 Å². The maximum atomic E-state index is 13.9. The van der Waals surface area contributed by atoms with E-state index in [-0.39, 0.29) is 5.92 Å². The molecule has 0 saturated heterocycles. The molecule has 0 bridgehead atoms. The molecule has 0 saturated carbocycles. The molecule has 0 spiro atoms. The number of allylic oxidation sites excluding steroid dienone is 2. The maximum Gasteiger partial charge on any atom is 0.167 e. The monoisotopic (exact) mass is 284 g/mol. The Labute approximate surface area is 121 Å². The third-order valence-corrected chi connectivity index (χ3v) is 7.04. The van der Waals surface area contributed by atoms with Gasteiger partial charge in [-0.2, -0.15) is 0 Å². The molecular formula is C18H21OP. The molecule has 0 aliphatic rings. The summed E-state index contributed by atoms with van der Waals surface area (Å²) in [5.74, 6) is 0.256. The summed E-state index contributed by atoms with van der Waals surface area (Å²) in [6.07, 6.45) is 2.02. The molecular weight excluding hydrogens is 263 g/mol. The minimum Gasteiger partial charge on any atom is -0.309 e. The summed E-state index contributed by atoms with van der Waals surface area (Å²) in [5, 5.41) is 2.84. The molecule has 2 heteroatoms. The van der Waals surface area contributed by atoms with Crippen LogP contribution in [0.4, 0.5) is 0 Å². The molecule has 0 atom stereocenters. The van der Waals surface area contributed by atoms with Gasteiger partial charge in [-0.25, -0.2) is 0 Å². The first-order chi connectivity index (χ1) is 9.60. The highest BCUT2D eigenvalue weighted by Crippen LogP contribution is 2.54. The van der Waals surface area contributed by atoms with Crippen molar-refractivity contribution >= 4 is 17.8 Å². The Balaban J connectivity index is 2.71. The van der Waals surface area contributed by atoms with Crippen LogP contribution in [0.1, 0.15) is 20.8 Å². The van der Waals surface area contributed by atoms with Crippen molar-refractivity contribution in [2.75, 3.05) is 0 Å². The molecule has 0 fully saturated rings. The average molecular weight is 284 g/mol. The lowest BCUT2D eigenvalue weighted by atomic mass is 10.2. The lowest BCUT2D eigenvalue weighted by Gasteiger charge is -2.25. The minimum absolute atomic E-state index is 0.256. The van der Waals surface area contributed by atoms with Gasteiger partial charge in [0.25, 0.3) is 0 Å². The second-order valence-corrected chi connectivity index (χ2v) is 7.92. The zero-order valence-electron chi connectivity index (χ0n) is 12.3. The summed E-state index contributed by atoms with van der Waals surface area (Å²) in [6, 6.07) is 19.6. The highest BCUT2D eigenvalue weighted by molar-refractivity contribution is 7.82. The lowest BCUT2D eigenvalue weighted by molar-refractivity contribution is 0.586. The Kier molecular flexibility index (Phi) is 4.62. The van der Waals surface area contributed by atoms with E-state index in [9.17, 15) is 4.57 Å². The molecule has 0 amide bonds. The first-order valence-electron chi connectivity index (χ1n) is 6.98. The number of rotatable bonds is 4. The van der Waals surface area contributed by atoms with E-state index in [1.807, 2.05) is 73.7 Å². The molecule has 0 aliphatic heterocycles. The van der Waals surface area contributed by atoms with Crippen molar-refractivity contribution in [3.05, 3.63) is 72.1 Å². The van der Waals surface area contributed by atoms with Crippen LogP contribution in [-0.2, 0) is 4.57 Å². The van der Waals surface area contributed by atoms with Crippen LogP contribution in [0, 0.1) is 5.92 Å². The Hall–Kier alpha value is -1.59. The van der Waals surface area contributed by atoms with Crippen LogP contribution in [0.3, 0.4) is 0 Å². The highest BCUT2D eigenvalue weighted by atomic mass is 31.2. The largest absolute Gasteiger partial charge is 0.309 e. The number of hydrogen-bond acceptors (Lipinski definition) is 1. The van der Waals surface area contributed by atoms with E-state index in [1.165, 1.54) is 0 Å². The van der Waals surface area contributed by atoms with Crippen molar-refractivity contribution in [2.45, 2.75) is 20.8 Å². The minimum atomic E-state index is -2.73. The molecule has 0 radical (unpaired) electrons. The topological polar surface area (TPSA) is 17.1 Å². The second-order valence-electron chi connectivity index (χ2n) is 5.15. The highest BCUT2D eigenvalue weighted by Gasteiger charge is 2.32. The summed E-state index contributed by atoms with van der Waals surface area (Å²) < 4.78 is 13.9. The van der Waals surface area contributed by atoms with Crippen LogP contribution in [0.2, 0.25) is 0 Å². The van der Waals surface area contributed by atoms with Gasteiger partial charge in [0.15, 0.2) is 7.14 Å². The molecule has 1 nitrogen and oxygen atoms in total. The van der Waals surface area contributed by atoms with Crippen LogP contribution in [0.5, 0.6) is 0 Å². The Bertz CT molecular complexity index is 583. The van der Waals surface area contributed by atoms with Crippen LogP contribution in [-0.4, -0.2) is 0 Å². The molecule has 104 valence electrons. The van der Waals surface area contributed by atoms with Crippen molar-refractivity contribution in [3.8, 4) is 0 Å². The third kappa shape index (κ3) is 2.64. The van der Waals surface area contributed by atoms with Crippen molar-refractivity contribution < 1.29 is 4.57 Å². The van der Waals surface area contributed by atoms with E-state index in [0.29, 0.717) is 0 Å². The molecule has 0 N–H and O–H groups in total. The van der Waals surface area contributed by atoms with Gasteiger partial charge >= 0.3 is 0 Å². The predicted octanol–water partition coefficient (Wildman–Crippen LogP) is 4.56. The molecule has 2 aromatic carbocycles. The normalized spacial score (nSPS) is 12.7. The molecule has 0 aromatic heterocycles. The summed E-state index contributed by atoms with van der Waals surface area (Å²) >= 11 is 0. The van der Waals surface area contributed by atoms with Gasteiger partial charge in [0.1, 0.15) is 0 Å². The fourth-order valence-corrected chi connectivity index (χ4v) is 5.77. The molecule has 20 heavy (non-hydrogen) atoms. The molecule has 0 heterocycles. The van der Waals surface area contributed by atoms with Gasteiger partial charge in [0.2, 0.25) is 0 Å². The first-order valence-corrected chi connectivity index (χ1v) is 8.69.